The van der Waals surface area contributed by atoms with Crippen molar-refractivity contribution < 1.29 is 9.53 Å². The number of benzene rings is 1. The molecule has 0 bridgehead atoms. The van der Waals surface area contributed by atoms with Crippen LogP contribution >= 0.6 is 11.6 Å². The van der Waals surface area contributed by atoms with Crippen molar-refractivity contribution in [2.45, 2.75) is 107 Å². The van der Waals surface area contributed by atoms with Gasteiger partial charge in [-0.15, -0.1) is 0 Å². The molecule has 0 amide bonds. The van der Waals surface area contributed by atoms with Crippen molar-refractivity contribution in [1.82, 2.24) is 4.98 Å². The first kappa shape index (κ1) is 35.4. The van der Waals surface area contributed by atoms with Gasteiger partial charge in [0.2, 0.25) is 0 Å². The number of carbonyl (C=O) groups excluding carboxylic acids is 1. The molecule has 0 radical (unpaired) electrons. The van der Waals surface area contributed by atoms with E-state index in [0.717, 1.165) is 34.2 Å². The monoisotopic (exact) mass is 540 g/mol. The normalized spacial score (nSPS) is 11.7. The largest absolute Gasteiger partial charge is 0.460 e. The van der Waals surface area contributed by atoms with E-state index in [9.17, 15) is 4.79 Å². The van der Waals surface area contributed by atoms with Crippen molar-refractivity contribution in [3.8, 4) is 17.2 Å². The molecule has 1 atom stereocenters. The molecule has 210 valence electrons. The van der Waals surface area contributed by atoms with Gasteiger partial charge in [-0.3, -0.25) is 4.79 Å². The predicted octanol–water partition coefficient (Wildman–Crippen LogP) is 10.2. The van der Waals surface area contributed by atoms with Crippen molar-refractivity contribution in [2.24, 2.45) is 11.8 Å². The molecular formula is C33H49ClN2O2. The Morgan fingerprint density at radius 3 is 2.13 bits per heavy atom. The first-order valence-electron chi connectivity index (χ1n) is 13.8. The van der Waals surface area contributed by atoms with Gasteiger partial charge in [0.1, 0.15) is 10.8 Å². The summed E-state index contributed by atoms with van der Waals surface area (Å²) in [5.74, 6) is 1.67. The highest BCUT2D eigenvalue weighted by Crippen LogP contribution is 2.29. The van der Waals surface area contributed by atoms with Gasteiger partial charge in [0.15, 0.2) is 0 Å². The van der Waals surface area contributed by atoms with Crippen LogP contribution in [-0.4, -0.2) is 16.6 Å². The minimum Gasteiger partial charge on any atom is -0.460 e. The highest BCUT2D eigenvalue weighted by atomic mass is 35.5. The summed E-state index contributed by atoms with van der Waals surface area (Å²) in [4.78, 5) is 14.6. The second-order valence-electron chi connectivity index (χ2n) is 11.0. The van der Waals surface area contributed by atoms with E-state index in [1.165, 1.54) is 39.0 Å². The second kappa shape index (κ2) is 18.6. The molecule has 1 aromatic carbocycles. The van der Waals surface area contributed by atoms with Crippen molar-refractivity contribution in [3.63, 3.8) is 0 Å². The van der Waals surface area contributed by atoms with E-state index in [-0.39, 0.29) is 11.6 Å². The third-order valence-corrected chi connectivity index (χ3v) is 6.02. The predicted molar refractivity (Wildman–Crippen MR) is 163 cm³/mol. The maximum atomic E-state index is 10.2. The molecule has 0 saturated heterocycles. The number of hydrogen-bond donors (Lipinski definition) is 0. The maximum absolute atomic E-state index is 10.2. The topological polar surface area (TPSA) is 63.0 Å². The van der Waals surface area contributed by atoms with E-state index in [2.05, 4.69) is 38.7 Å². The number of hydrogen-bond acceptors (Lipinski definition) is 4. The fourth-order valence-electron chi connectivity index (χ4n) is 3.82. The fourth-order valence-corrected chi connectivity index (χ4v) is 4.07. The summed E-state index contributed by atoms with van der Waals surface area (Å²) >= 11 is 6.24. The molecule has 0 fully saturated rings. The molecule has 5 heteroatoms. The lowest BCUT2D eigenvalue weighted by molar-refractivity contribution is -0.151. The Hall–Kier alpha value is -2.64. The highest BCUT2D eigenvalue weighted by Gasteiger charge is 2.12. The van der Waals surface area contributed by atoms with E-state index >= 15 is 0 Å². The zero-order valence-electron chi connectivity index (χ0n) is 25.3. The van der Waals surface area contributed by atoms with Crippen LogP contribution < -0.4 is 0 Å². The number of allylic oxidation sites excluding steroid dienone is 1. The van der Waals surface area contributed by atoms with Crippen LogP contribution in [0.3, 0.4) is 0 Å². The molecule has 0 aliphatic heterocycles. The van der Waals surface area contributed by atoms with Crippen LogP contribution in [0.5, 0.6) is 0 Å². The number of carbonyl (C=O) groups is 1. The van der Waals surface area contributed by atoms with Gasteiger partial charge in [0, 0.05) is 12.5 Å². The fraction of sp³-hybridized carbons (Fsp3) is 0.545. The number of aryl methyl sites for hydroxylation is 1. The Morgan fingerprint density at radius 1 is 1.13 bits per heavy atom. The molecule has 0 N–H and O–H groups in total. The van der Waals surface area contributed by atoms with E-state index < -0.39 is 0 Å². The van der Waals surface area contributed by atoms with Gasteiger partial charge >= 0.3 is 5.97 Å². The SMILES string of the molecule is C/C=C\c1nc(Cl)c(-c2ccc(C#N)cc2)cc1C.CC(=O)OC(C)(C)C.CCCC(CC)CCC(C)C. The Bertz CT molecular complexity index is 1030. The number of halogens is 1. The van der Waals surface area contributed by atoms with E-state index in [4.69, 9.17) is 21.6 Å². The van der Waals surface area contributed by atoms with Gasteiger partial charge in [-0.05, 0) is 81.9 Å². The van der Waals surface area contributed by atoms with Crippen LogP contribution in [0.1, 0.15) is 111 Å². The number of rotatable bonds is 8. The molecule has 1 heterocycles. The molecule has 38 heavy (non-hydrogen) atoms. The molecular weight excluding hydrogens is 492 g/mol. The number of esters is 1. The summed E-state index contributed by atoms with van der Waals surface area (Å²) < 4.78 is 4.80. The summed E-state index contributed by atoms with van der Waals surface area (Å²) in [5.41, 5.74) is 4.11. The van der Waals surface area contributed by atoms with Crippen molar-refractivity contribution in [3.05, 3.63) is 58.4 Å². The molecule has 2 rings (SSSR count). The summed E-state index contributed by atoms with van der Waals surface area (Å²) in [6.07, 6.45) is 10.9. The molecule has 0 spiro atoms. The minimum atomic E-state index is -0.328. The van der Waals surface area contributed by atoms with E-state index in [1.807, 2.05) is 65.0 Å². The standard InChI is InChI=1S/C16H13ClN2.C11H24.C6H12O2/c1-3-4-15-11(2)9-14(16(17)19-15)13-7-5-12(10-18)6-8-13;1-5-7-11(6-2)9-8-10(3)4;1-5(7)8-6(2,3)4/h3-9H,1-2H3;10-11H,5-9H2,1-4H3;1-4H3/b4-3-;;. The van der Waals surface area contributed by atoms with Crippen LogP contribution in [0.15, 0.2) is 36.4 Å². The summed E-state index contributed by atoms with van der Waals surface area (Å²) in [6.45, 7) is 20.1. The van der Waals surface area contributed by atoms with Gasteiger partial charge in [-0.1, -0.05) is 89.6 Å². The molecule has 1 aromatic heterocycles. The van der Waals surface area contributed by atoms with Crippen LogP contribution in [0, 0.1) is 30.1 Å². The number of nitrogens with zero attached hydrogens (tertiary/aromatic N) is 2. The lowest BCUT2D eigenvalue weighted by atomic mass is 9.92. The molecule has 0 saturated carbocycles. The first-order valence-corrected chi connectivity index (χ1v) is 14.2. The highest BCUT2D eigenvalue weighted by molar-refractivity contribution is 6.32. The number of ether oxygens (including phenoxy) is 1. The lowest BCUT2D eigenvalue weighted by Gasteiger charge is -2.17. The lowest BCUT2D eigenvalue weighted by Crippen LogP contribution is -2.21. The molecule has 2 aromatic rings. The molecule has 0 aliphatic rings. The summed E-state index contributed by atoms with van der Waals surface area (Å²) in [6, 6.07) is 11.4. The quantitative estimate of drug-likeness (QED) is 0.247. The minimum absolute atomic E-state index is 0.225. The Kier molecular flexibility index (Phi) is 17.3. The van der Waals surface area contributed by atoms with Crippen LogP contribution in [0.4, 0.5) is 0 Å². The summed E-state index contributed by atoms with van der Waals surface area (Å²) in [7, 11) is 0. The third kappa shape index (κ3) is 15.6. The van der Waals surface area contributed by atoms with Crippen molar-refractivity contribution >= 4 is 23.6 Å². The number of aromatic nitrogens is 1. The first-order chi connectivity index (χ1) is 17.8. The Labute approximate surface area is 237 Å². The van der Waals surface area contributed by atoms with Crippen molar-refractivity contribution in [1.29, 1.82) is 5.26 Å². The molecule has 0 aliphatic carbocycles. The molecule has 1 unspecified atom stereocenters. The Morgan fingerprint density at radius 2 is 1.74 bits per heavy atom. The zero-order valence-corrected chi connectivity index (χ0v) is 26.1. The Balaban J connectivity index is 0.000000613. The summed E-state index contributed by atoms with van der Waals surface area (Å²) in [5, 5.41) is 9.27. The number of pyridine rings is 1. The van der Waals surface area contributed by atoms with Gasteiger partial charge < -0.3 is 4.74 Å². The maximum Gasteiger partial charge on any atom is 0.303 e. The van der Waals surface area contributed by atoms with E-state index in [1.54, 1.807) is 12.1 Å². The van der Waals surface area contributed by atoms with E-state index in [0.29, 0.717) is 10.7 Å². The van der Waals surface area contributed by atoms with Gasteiger partial charge in [0.25, 0.3) is 0 Å². The zero-order chi connectivity index (χ0) is 29.3. The average molecular weight is 541 g/mol. The van der Waals surface area contributed by atoms with Gasteiger partial charge in [-0.25, -0.2) is 4.98 Å². The third-order valence-electron chi connectivity index (χ3n) is 5.73. The van der Waals surface area contributed by atoms with Crippen LogP contribution in [0.2, 0.25) is 5.15 Å². The average Bonchev–Trinajstić information content (AvgIpc) is 2.83. The van der Waals surface area contributed by atoms with Crippen LogP contribution in [-0.2, 0) is 9.53 Å². The smallest absolute Gasteiger partial charge is 0.303 e. The van der Waals surface area contributed by atoms with Gasteiger partial charge in [-0.2, -0.15) is 5.26 Å². The molecule has 4 nitrogen and oxygen atoms in total. The van der Waals surface area contributed by atoms with Gasteiger partial charge in [0.05, 0.1) is 17.3 Å². The number of nitriles is 1. The van der Waals surface area contributed by atoms with Crippen LogP contribution in [0.25, 0.3) is 17.2 Å². The second-order valence-corrected chi connectivity index (χ2v) is 11.3. The van der Waals surface area contributed by atoms with Crippen molar-refractivity contribution in [2.75, 3.05) is 0 Å².